The SMILES string of the molecule is COc1ccc(CC(=O)OCC(=O)N[C@H](c2ccccc2)c2cccs2)cc1. The first-order chi connectivity index (χ1) is 13.7. The topological polar surface area (TPSA) is 64.6 Å². The van der Waals surface area contributed by atoms with E-state index >= 15 is 0 Å². The number of hydrogen-bond donors (Lipinski definition) is 1. The van der Waals surface area contributed by atoms with Gasteiger partial charge < -0.3 is 14.8 Å². The van der Waals surface area contributed by atoms with Crippen molar-refractivity contribution in [3.8, 4) is 5.75 Å². The van der Waals surface area contributed by atoms with Gasteiger partial charge in [0.25, 0.3) is 5.91 Å². The smallest absolute Gasteiger partial charge is 0.310 e. The molecule has 0 saturated heterocycles. The van der Waals surface area contributed by atoms with Gasteiger partial charge in [0.05, 0.1) is 19.6 Å². The van der Waals surface area contributed by atoms with E-state index in [4.69, 9.17) is 9.47 Å². The van der Waals surface area contributed by atoms with Gasteiger partial charge in [-0.15, -0.1) is 11.3 Å². The van der Waals surface area contributed by atoms with E-state index in [1.807, 2.05) is 47.8 Å². The molecule has 0 bridgehead atoms. The lowest BCUT2D eigenvalue weighted by Gasteiger charge is -2.18. The number of carbonyl (C=O) groups excluding carboxylic acids is 2. The summed E-state index contributed by atoms with van der Waals surface area (Å²) in [5.41, 5.74) is 1.77. The Morgan fingerprint density at radius 1 is 1.00 bits per heavy atom. The normalized spacial score (nSPS) is 11.5. The molecule has 6 heteroatoms. The Morgan fingerprint density at radius 2 is 1.75 bits per heavy atom. The van der Waals surface area contributed by atoms with Crippen LogP contribution in [0.2, 0.25) is 0 Å². The number of thiophene rings is 1. The summed E-state index contributed by atoms with van der Waals surface area (Å²) in [6, 6.07) is 20.5. The van der Waals surface area contributed by atoms with Gasteiger partial charge in [0.15, 0.2) is 6.61 Å². The van der Waals surface area contributed by atoms with Crippen LogP contribution in [0.1, 0.15) is 22.0 Å². The van der Waals surface area contributed by atoms with Crippen LogP contribution in [0.4, 0.5) is 0 Å². The van der Waals surface area contributed by atoms with E-state index in [1.165, 1.54) is 0 Å². The molecule has 0 aliphatic rings. The zero-order valence-electron chi connectivity index (χ0n) is 15.5. The van der Waals surface area contributed by atoms with E-state index in [9.17, 15) is 9.59 Å². The van der Waals surface area contributed by atoms with E-state index in [0.717, 1.165) is 21.8 Å². The highest BCUT2D eigenvalue weighted by atomic mass is 32.1. The average molecular weight is 395 g/mol. The fourth-order valence-corrected chi connectivity index (χ4v) is 3.53. The van der Waals surface area contributed by atoms with Crippen molar-refractivity contribution in [2.45, 2.75) is 12.5 Å². The molecule has 3 aromatic rings. The molecular weight excluding hydrogens is 374 g/mol. The minimum atomic E-state index is -0.451. The minimum Gasteiger partial charge on any atom is -0.497 e. The second kappa shape index (κ2) is 9.71. The Kier molecular flexibility index (Phi) is 6.81. The highest BCUT2D eigenvalue weighted by Crippen LogP contribution is 2.25. The maximum Gasteiger partial charge on any atom is 0.310 e. The molecule has 0 spiro atoms. The van der Waals surface area contributed by atoms with Crippen molar-refractivity contribution >= 4 is 23.2 Å². The number of amides is 1. The first-order valence-corrected chi connectivity index (χ1v) is 9.70. The van der Waals surface area contributed by atoms with Crippen LogP contribution in [0.25, 0.3) is 0 Å². The summed E-state index contributed by atoms with van der Waals surface area (Å²) in [6.45, 7) is -0.316. The summed E-state index contributed by atoms with van der Waals surface area (Å²) in [6.07, 6.45) is 0.102. The fourth-order valence-electron chi connectivity index (χ4n) is 2.73. The molecule has 0 radical (unpaired) electrons. The summed E-state index contributed by atoms with van der Waals surface area (Å²) in [5.74, 6) is -0.0740. The Morgan fingerprint density at radius 3 is 2.39 bits per heavy atom. The van der Waals surface area contributed by atoms with E-state index in [2.05, 4.69) is 5.32 Å². The summed E-state index contributed by atoms with van der Waals surface area (Å²) < 4.78 is 10.2. The van der Waals surface area contributed by atoms with Crippen LogP contribution >= 0.6 is 11.3 Å². The molecule has 0 aliphatic carbocycles. The van der Waals surface area contributed by atoms with E-state index in [1.54, 1.807) is 42.7 Å². The molecule has 1 amide bonds. The molecule has 28 heavy (non-hydrogen) atoms. The van der Waals surface area contributed by atoms with Crippen LogP contribution in [0, 0.1) is 0 Å². The number of benzene rings is 2. The Bertz CT molecular complexity index is 892. The van der Waals surface area contributed by atoms with Crippen molar-refractivity contribution in [3.63, 3.8) is 0 Å². The second-order valence-corrected chi connectivity index (χ2v) is 7.09. The zero-order chi connectivity index (χ0) is 19.8. The second-order valence-electron chi connectivity index (χ2n) is 6.11. The Labute approximate surface area is 167 Å². The molecule has 0 saturated carbocycles. The number of rotatable bonds is 8. The molecule has 1 N–H and O–H groups in total. The van der Waals surface area contributed by atoms with E-state index < -0.39 is 5.97 Å². The van der Waals surface area contributed by atoms with Gasteiger partial charge >= 0.3 is 5.97 Å². The third-order valence-corrected chi connectivity index (χ3v) is 5.07. The van der Waals surface area contributed by atoms with E-state index in [0.29, 0.717) is 0 Å². The number of carbonyl (C=O) groups is 2. The molecule has 1 aromatic heterocycles. The maximum atomic E-state index is 12.4. The maximum absolute atomic E-state index is 12.4. The first kappa shape index (κ1) is 19.6. The number of ether oxygens (including phenoxy) is 2. The van der Waals surface area contributed by atoms with Crippen LogP contribution < -0.4 is 10.1 Å². The molecule has 1 heterocycles. The first-order valence-electron chi connectivity index (χ1n) is 8.82. The van der Waals surface area contributed by atoms with Gasteiger partial charge in [0.1, 0.15) is 5.75 Å². The van der Waals surface area contributed by atoms with Crippen LogP contribution in [-0.2, 0) is 20.7 Å². The molecule has 2 aromatic carbocycles. The van der Waals surface area contributed by atoms with Gasteiger partial charge in [-0.3, -0.25) is 9.59 Å². The van der Waals surface area contributed by atoms with Crippen LogP contribution in [-0.4, -0.2) is 25.6 Å². The van der Waals surface area contributed by atoms with Gasteiger partial charge in [-0.25, -0.2) is 0 Å². The Hall–Kier alpha value is -3.12. The lowest BCUT2D eigenvalue weighted by molar-refractivity contribution is -0.148. The lowest BCUT2D eigenvalue weighted by Crippen LogP contribution is -2.32. The molecule has 0 aliphatic heterocycles. The molecular formula is C22H21NO4S. The fraction of sp³-hybridized carbons (Fsp3) is 0.182. The largest absolute Gasteiger partial charge is 0.497 e. The summed E-state index contributed by atoms with van der Waals surface area (Å²) in [4.78, 5) is 25.4. The Balaban J connectivity index is 1.55. The van der Waals surface area contributed by atoms with Gasteiger partial charge in [-0.1, -0.05) is 48.5 Å². The highest BCUT2D eigenvalue weighted by Gasteiger charge is 2.18. The highest BCUT2D eigenvalue weighted by molar-refractivity contribution is 7.10. The number of hydrogen-bond acceptors (Lipinski definition) is 5. The number of nitrogens with one attached hydrogen (secondary N) is 1. The molecule has 1 atom stereocenters. The van der Waals surface area contributed by atoms with Gasteiger partial charge in [0.2, 0.25) is 0 Å². The van der Waals surface area contributed by atoms with Crippen molar-refractivity contribution in [3.05, 3.63) is 88.1 Å². The van der Waals surface area contributed by atoms with E-state index in [-0.39, 0.29) is 25.0 Å². The minimum absolute atomic E-state index is 0.102. The molecule has 3 rings (SSSR count). The zero-order valence-corrected chi connectivity index (χ0v) is 16.3. The monoisotopic (exact) mass is 395 g/mol. The van der Waals surface area contributed by atoms with Gasteiger partial charge in [0, 0.05) is 4.88 Å². The third-order valence-electron chi connectivity index (χ3n) is 4.14. The van der Waals surface area contributed by atoms with Crippen molar-refractivity contribution in [2.24, 2.45) is 0 Å². The van der Waals surface area contributed by atoms with Crippen LogP contribution in [0.5, 0.6) is 5.75 Å². The van der Waals surface area contributed by atoms with Gasteiger partial charge in [-0.2, -0.15) is 0 Å². The average Bonchev–Trinajstić information content (AvgIpc) is 3.26. The van der Waals surface area contributed by atoms with Crippen molar-refractivity contribution in [2.75, 3.05) is 13.7 Å². The molecule has 0 unspecified atom stereocenters. The predicted octanol–water partition coefficient (Wildman–Crippen LogP) is 3.75. The molecule has 5 nitrogen and oxygen atoms in total. The number of esters is 1. The summed E-state index contributed by atoms with van der Waals surface area (Å²) >= 11 is 1.56. The molecule has 0 fully saturated rings. The van der Waals surface area contributed by atoms with Crippen LogP contribution in [0.15, 0.2) is 72.1 Å². The van der Waals surface area contributed by atoms with Crippen molar-refractivity contribution < 1.29 is 19.1 Å². The standard InChI is InChI=1S/C22H21NO4S/c1-26-18-11-9-16(10-12-18)14-21(25)27-15-20(24)23-22(19-8-5-13-28-19)17-6-3-2-4-7-17/h2-13,22H,14-15H2,1H3,(H,23,24)/t22-/m1/s1. The summed E-state index contributed by atoms with van der Waals surface area (Å²) in [5, 5.41) is 4.91. The molecule has 144 valence electrons. The lowest BCUT2D eigenvalue weighted by atomic mass is 10.1. The quantitative estimate of drug-likeness (QED) is 0.590. The van der Waals surface area contributed by atoms with Crippen molar-refractivity contribution in [1.82, 2.24) is 5.32 Å². The third kappa shape index (κ3) is 5.44. The number of methoxy groups -OCH3 is 1. The van der Waals surface area contributed by atoms with Gasteiger partial charge in [-0.05, 0) is 34.7 Å². The van der Waals surface area contributed by atoms with Crippen LogP contribution in [0.3, 0.4) is 0 Å². The van der Waals surface area contributed by atoms with Crippen molar-refractivity contribution in [1.29, 1.82) is 0 Å². The summed E-state index contributed by atoms with van der Waals surface area (Å²) in [7, 11) is 1.58. The predicted molar refractivity (Wildman–Crippen MR) is 108 cm³/mol.